The number of hydrogen-bond donors (Lipinski definition) is 1. The number of benzene rings is 1. The van der Waals surface area contributed by atoms with Gasteiger partial charge in [0.15, 0.2) is 5.82 Å². The minimum Gasteiger partial charge on any atom is -0.369 e. The van der Waals surface area contributed by atoms with E-state index in [0.717, 1.165) is 17.6 Å². The molecular weight excluding hydrogens is 268 g/mol. The number of nitrogens with zero attached hydrogens (tertiary/aromatic N) is 2. The molecular formula is C13H15F2N3S. The maximum Gasteiger partial charge on any atom is 0.297 e. The van der Waals surface area contributed by atoms with Crippen molar-refractivity contribution in [3.05, 3.63) is 30.1 Å². The highest BCUT2D eigenvalue weighted by molar-refractivity contribution is 7.98. The lowest BCUT2D eigenvalue weighted by atomic mass is 10.2. The average molecular weight is 283 g/mol. The Hall–Kier alpha value is -1.43. The fourth-order valence-corrected chi connectivity index (χ4v) is 2.18. The zero-order valence-electron chi connectivity index (χ0n) is 10.6. The molecule has 0 unspecified atom stereocenters. The van der Waals surface area contributed by atoms with Crippen molar-refractivity contribution in [1.82, 2.24) is 9.97 Å². The third kappa shape index (κ3) is 3.53. The van der Waals surface area contributed by atoms with E-state index in [1.807, 2.05) is 18.4 Å². The first-order valence-electron chi connectivity index (χ1n) is 6.00. The fraction of sp³-hybridized carbons (Fsp3) is 0.385. The van der Waals surface area contributed by atoms with Gasteiger partial charge >= 0.3 is 0 Å². The molecule has 0 atom stereocenters. The van der Waals surface area contributed by atoms with Crippen LogP contribution in [0.1, 0.15) is 18.7 Å². The number of halogens is 2. The molecule has 2 aromatic rings. The highest BCUT2D eigenvalue weighted by Crippen LogP contribution is 2.24. The first-order chi connectivity index (χ1) is 9.22. The maximum atomic E-state index is 12.8. The van der Waals surface area contributed by atoms with Gasteiger partial charge in [-0.05, 0) is 30.6 Å². The Labute approximate surface area is 114 Å². The molecule has 2 rings (SSSR count). The van der Waals surface area contributed by atoms with Gasteiger partial charge in [0, 0.05) is 11.9 Å². The first-order valence-corrected chi connectivity index (χ1v) is 7.39. The largest absolute Gasteiger partial charge is 0.369 e. The van der Waals surface area contributed by atoms with Gasteiger partial charge in [-0.3, -0.25) is 0 Å². The Morgan fingerprint density at radius 1 is 1.26 bits per heavy atom. The summed E-state index contributed by atoms with van der Waals surface area (Å²) in [6.45, 7) is 0.713. The normalized spacial score (nSPS) is 11.2. The number of anilines is 1. The van der Waals surface area contributed by atoms with Gasteiger partial charge in [-0.1, -0.05) is 12.1 Å². The molecule has 0 aliphatic rings. The summed E-state index contributed by atoms with van der Waals surface area (Å²) in [4.78, 5) is 7.79. The van der Waals surface area contributed by atoms with Crippen LogP contribution in [-0.2, 0) is 0 Å². The molecule has 0 aliphatic heterocycles. The number of fused-ring (bicyclic) bond motifs is 1. The van der Waals surface area contributed by atoms with Gasteiger partial charge in [0.25, 0.3) is 6.43 Å². The SMILES string of the molecule is CSCCCNc1nc(C(F)F)nc2ccccc12. The van der Waals surface area contributed by atoms with Gasteiger partial charge in [-0.15, -0.1) is 0 Å². The maximum absolute atomic E-state index is 12.8. The molecule has 102 valence electrons. The van der Waals surface area contributed by atoms with Gasteiger partial charge in [0.2, 0.25) is 0 Å². The molecule has 1 aromatic carbocycles. The molecule has 0 aliphatic carbocycles. The second-order valence-electron chi connectivity index (χ2n) is 4.02. The second kappa shape index (κ2) is 6.65. The minimum atomic E-state index is -2.66. The Bertz CT molecular complexity index is 548. The number of rotatable bonds is 6. The van der Waals surface area contributed by atoms with Crippen molar-refractivity contribution >= 4 is 28.5 Å². The van der Waals surface area contributed by atoms with Crippen LogP contribution in [0, 0.1) is 0 Å². The van der Waals surface area contributed by atoms with E-state index >= 15 is 0 Å². The van der Waals surface area contributed by atoms with E-state index in [9.17, 15) is 8.78 Å². The molecule has 0 radical (unpaired) electrons. The zero-order chi connectivity index (χ0) is 13.7. The van der Waals surface area contributed by atoms with E-state index in [-0.39, 0.29) is 0 Å². The Morgan fingerprint density at radius 2 is 2.05 bits per heavy atom. The predicted octanol–water partition coefficient (Wildman–Crippen LogP) is 3.73. The molecule has 0 saturated carbocycles. The second-order valence-corrected chi connectivity index (χ2v) is 5.01. The standard InChI is InChI=1S/C13H15F2N3S/c1-19-8-4-7-16-12-9-5-2-3-6-10(9)17-13(18-12)11(14)15/h2-3,5-6,11H,4,7-8H2,1H3,(H,16,17,18). The monoisotopic (exact) mass is 283 g/mol. The molecule has 19 heavy (non-hydrogen) atoms. The molecule has 0 amide bonds. The number of hydrogen-bond acceptors (Lipinski definition) is 4. The van der Waals surface area contributed by atoms with Crippen LogP contribution in [0.3, 0.4) is 0 Å². The lowest BCUT2D eigenvalue weighted by Gasteiger charge is -2.10. The van der Waals surface area contributed by atoms with E-state index in [1.54, 1.807) is 23.9 Å². The van der Waals surface area contributed by atoms with Gasteiger partial charge in [0.1, 0.15) is 5.82 Å². The lowest BCUT2D eigenvalue weighted by Crippen LogP contribution is -2.08. The van der Waals surface area contributed by atoms with Crippen molar-refractivity contribution in [2.45, 2.75) is 12.8 Å². The summed E-state index contributed by atoms with van der Waals surface area (Å²) in [5, 5.41) is 3.89. The van der Waals surface area contributed by atoms with Gasteiger partial charge < -0.3 is 5.32 Å². The Kier molecular flexibility index (Phi) is 4.90. The molecule has 0 saturated heterocycles. The van der Waals surface area contributed by atoms with Gasteiger partial charge in [-0.2, -0.15) is 11.8 Å². The molecule has 0 spiro atoms. The average Bonchev–Trinajstić information content (AvgIpc) is 2.43. The number of aromatic nitrogens is 2. The highest BCUT2D eigenvalue weighted by Gasteiger charge is 2.14. The molecule has 1 aromatic heterocycles. The summed E-state index contributed by atoms with van der Waals surface area (Å²) in [6.07, 6.45) is 0.342. The Morgan fingerprint density at radius 3 is 2.79 bits per heavy atom. The van der Waals surface area contributed by atoms with Crippen LogP contribution >= 0.6 is 11.8 Å². The number of thioether (sulfide) groups is 1. The van der Waals surface area contributed by atoms with E-state index in [4.69, 9.17) is 0 Å². The quantitative estimate of drug-likeness (QED) is 0.820. The third-order valence-corrected chi connectivity index (χ3v) is 3.33. The Balaban J connectivity index is 2.28. The van der Waals surface area contributed by atoms with Crippen molar-refractivity contribution < 1.29 is 8.78 Å². The molecule has 3 nitrogen and oxygen atoms in total. The summed E-state index contributed by atoms with van der Waals surface area (Å²) in [6, 6.07) is 7.18. The zero-order valence-corrected chi connectivity index (χ0v) is 11.4. The van der Waals surface area contributed by atoms with Crippen LogP contribution in [0.4, 0.5) is 14.6 Å². The summed E-state index contributed by atoms with van der Waals surface area (Å²) in [5.74, 6) is 1.09. The van der Waals surface area contributed by atoms with E-state index < -0.39 is 12.2 Å². The number of nitrogens with one attached hydrogen (secondary N) is 1. The molecule has 6 heteroatoms. The van der Waals surface area contributed by atoms with Crippen molar-refractivity contribution in [2.24, 2.45) is 0 Å². The topological polar surface area (TPSA) is 37.8 Å². The summed E-state index contributed by atoms with van der Waals surface area (Å²) in [7, 11) is 0. The van der Waals surface area contributed by atoms with Crippen molar-refractivity contribution in [3.63, 3.8) is 0 Å². The van der Waals surface area contributed by atoms with Gasteiger partial charge in [0.05, 0.1) is 5.52 Å². The van der Waals surface area contributed by atoms with Gasteiger partial charge in [-0.25, -0.2) is 18.7 Å². The van der Waals surface area contributed by atoms with E-state index in [1.165, 1.54) is 0 Å². The molecule has 0 fully saturated rings. The third-order valence-electron chi connectivity index (χ3n) is 2.63. The van der Waals surface area contributed by atoms with E-state index in [0.29, 0.717) is 17.9 Å². The minimum absolute atomic E-state index is 0.425. The molecule has 1 N–H and O–H groups in total. The smallest absolute Gasteiger partial charge is 0.297 e. The fourth-order valence-electron chi connectivity index (χ4n) is 1.75. The highest BCUT2D eigenvalue weighted by atomic mass is 32.2. The molecule has 1 heterocycles. The van der Waals surface area contributed by atoms with Crippen LogP contribution in [-0.4, -0.2) is 28.5 Å². The first kappa shape index (κ1) is 14.0. The summed E-state index contributed by atoms with van der Waals surface area (Å²) < 4.78 is 25.5. The lowest BCUT2D eigenvalue weighted by molar-refractivity contribution is 0.141. The number of alkyl halides is 2. The number of para-hydroxylation sites is 1. The summed E-state index contributed by atoms with van der Waals surface area (Å²) >= 11 is 1.76. The van der Waals surface area contributed by atoms with Crippen LogP contribution in [0.25, 0.3) is 10.9 Å². The summed E-state index contributed by atoms with van der Waals surface area (Å²) in [5.41, 5.74) is 0.542. The van der Waals surface area contributed by atoms with Crippen molar-refractivity contribution in [1.29, 1.82) is 0 Å². The van der Waals surface area contributed by atoms with Crippen LogP contribution in [0.15, 0.2) is 24.3 Å². The van der Waals surface area contributed by atoms with Crippen LogP contribution < -0.4 is 5.32 Å². The van der Waals surface area contributed by atoms with Crippen molar-refractivity contribution in [2.75, 3.05) is 23.9 Å². The van der Waals surface area contributed by atoms with Crippen LogP contribution in [0.2, 0.25) is 0 Å². The van der Waals surface area contributed by atoms with Crippen molar-refractivity contribution in [3.8, 4) is 0 Å². The van der Waals surface area contributed by atoms with E-state index in [2.05, 4.69) is 15.3 Å². The predicted molar refractivity (Wildman–Crippen MR) is 76.0 cm³/mol. The van der Waals surface area contributed by atoms with Crippen LogP contribution in [0.5, 0.6) is 0 Å². The molecule has 0 bridgehead atoms.